The molecule has 31 rings (SSSR count). The smallest absolute Gasteiger partial charge is 0.238 e. The van der Waals surface area contributed by atoms with Crippen LogP contribution in [0.4, 0.5) is 0 Å². The van der Waals surface area contributed by atoms with E-state index in [1.54, 1.807) is 0 Å². The van der Waals surface area contributed by atoms with Crippen molar-refractivity contribution in [2.45, 2.75) is 0 Å². The van der Waals surface area contributed by atoms with Gasteiger partial charge in [-0.3, -0.25) is 13.7 Å². The van der Waals surface area contributed by atoms with Crippen molar-refractivity contribution in [2.24, 2.45) is 0 Å². The predicted octanol–water partition coefficient (Wildman–Crippen LogP) is 32.3. The Morgan fingerprint density at radius 3 is 0.833 bits per heavy atom. The third-order valence-electron chi connectivity index (χ3n) is 27.4. The van der Waals surface area contributed by atoms with Gasteiger partial charge in [-0.15, -0.1) is 34.0 Å². The Balaban J connectivity index is 0.0000000981. The Kier molecular flexibility index (Phi) is 15.7. The van der Waals surface area contributed by atoms with Crippen LogP contribution in [-0.2, 0) is 0 Å². The van der Waals surface area contributed by atoms with Gasteiger partial charge in [0.1, 0.15) is 0 Å². The maximum absolute atomic E-state index is 5.29. The van der Waals surface area contributed by atoms with Gasteiger partial charge in [-0.2, -0.15) is 9.97 Å². The van der Waals surface area contributed by atoms with E-state index in [1.807, 2.05) is 101 Å². The Morgan fingerprint density at radius 2 is 0.470 bits per heavy atom. The molecule has 0 bridgehead atoms. The average molecular weight is 1730 g/mol. The molecule has 0 radical (unpaired) electrons. The first kappa shape index (κ1) is 73.3. The second kappa shape index (κ2) is 28.3. The van der Waals surface area contributed by atoms with Crippen molar-refractivity contribution in [3.05, 3.63) is 401 Å². The van der Waals surface area contributed by atoms with Crippen molar-refractivity contribution < 1.29 is 0 Å². The van der Waals surface area contributed by atoms with Gasteiger partial charge in [0.15, 0.2) is 11.6 Å². The third kappa shape index (κ3) is 10.8. The summed E-state index contributed by atoms with van der Waals surface area (Å²) >= 11 is 5.62. The maximum atomic E-state index is 5.29. The number of hydrogen-bond donors (Lipinski definition) is 0. The lowest BCUT2D eigenvalue weighted by Gasteiger charge is -2.15. The van der Waals surface area contributed by atoms with E-state index >= 15 is 0 Å². The Hall–Kier alpha value is -16.8. The minimum Gasteiger partial charge on any atom is -0.278 e. The molecule has 132 heavy (non-hydrogen) atoms. The SMILES string of the molecule is c1ccc(-c2cc(-c3ccccc3)nc(-n3c4cccc5c4c4c6c(cccc6ccc43)-c3cc4c(cc3-5)sc3ccccc34)n2)cc1.c1ccc(-c2nc(-c3ccccc3)nc(-n3c4cccc5c4c4c6c(cccc6ccc43)-c3cc4c(cc3-5)sc3ccccc34)n2)cc1.c1cnc(-n2c3cccc4c3c3c5c(cccc5ccc32)-c2cc3c(cc2-4)sc2ccccc23)nc1. The summed E-state index contributed by atoms with van der Waals surface area (Å²) in [5.74, 6) is 3.28. The van der Waals surface area contributed by atoms with E-state index in [0.717, 1.165) is 66.7 Å². The molecular weight excluding hydrogens is 1670 g/mol. The Bertz CT molecular complexity index is 9340. The molecule has 9 aromatic heterocycles. The van der Waals surface area contributed by atoms with E-state index < -0.39 is 0 Å². The first-order valence-corrected chi connectivity index (χ1v) is 46.9. The van der Waals surface area contributed by atoms with Gasteiger partial charge in [-0.25, -0.2) is 24.9 Å². The van der Waals surface area contributed by atoms with Crippen molar-refractivity contribution in [1.29, 1.82) is 0 Å². The molecule has 13 heteroatoms. The minimum absolute atomic E-state index is 0.609. The van der Waals surface area contributed by atoms with Gasteiger partial charge in [0.25, 0.3) is 0 Å². The van der Waals surface area contributed by atoms with E-state index in [0.29, 0.717) is 29.5 Å². The molecule has 28 aromatic rings. The van der Waals surface area contributed by atoms with Crippen LogP contribution in [0.2, 0.25) is 0 Å². The van der Waals surface area contributed by atoms with Crippen molar-refractivity contribution in [2.75, 3.05) is 0 Å². The largest absolute Gasteiger partial charge is 0.278 e. The molecule has 0 aliphatic heterocycles. The molecule has 3 aliphatic rings. The van der Waals surface area contributed by atoms with E-state index in [9.17, 15) is 0 Å². The molecule has 9 heterocycles. The Morgan fingerprint density at radius 1 is 0.174 bits per heavy atom. The van der Waals surface area contributed by atoms with Crippen LogP contribution in [0, 0.1) is 0 Å². The normalized spacial score (nSPS) is 12.2. The zero-order chi connectivity index (χ0) is 86.1. The predicted molar refractivity (Wildman–Crippen MR) is 553 cm³/mol. The van der Waals surface area contributed by atoms with Crippen LogP contribution < -0.4 is 0 Å². The summed E-state index contributed by atoms with van der Waals surface area (Å²) in [5, 5.41) is 23.0. The summed E-state index contributed by atoms with van der Waals surface area (Å²) in [5.41, 5.74) is 27.7. The molecule has 0 saturated heterocycles. The summed E-state index contributed by atoms with van der Waals surface area (Å²) in [6.45, 7) is 0. The van der Waals surface area contributed by atoms with Crippen LogP contribution in [0.25, 0.3) is 288 Å². The lowest BCUT2D eigenvalue weighted by atomic mass is 9.92. The Labute approximate surface area is 765 Å². The molecular formula is C119H66N10S3. The first-order valence-electron chi connectivity index (χ1n) is 44.5. The van der Waals surface area contributed by atoms with Crippen LogP contribution in [0.1, 0.15) is 0 Å². The van der Waals surface area contributed by atoms with Crippen LogP contribution in [-0.4, -0.2) is 48.6 Å². The van der Waals surface area contributed by atoms with Gasteiger partial charge >= 0.3 is 0 Å². The van der Waals surface area contributed by atoms with Gasteiger partial charge in [0.05, 0.1) is 44.5 Å². The first-order chi connectivity index (χ1) is 65.5. The molecule has 0 atom stereocenters. The monoisotopic (exact) mass is 1730 g/mol. The second-order valence-electron chi connectivity index (χ2n) is 34.4. The van der Waals surface area contributed by atoms with E-state index in [-0.39, 0.29) is 0 Å². The molecule has 0 unspecified atom stereocenters. The molecule has 3 aliphatic carbocycles. The maximum Gasteiger partial charge on any atom is 0.238 e. The summed E-state index contributed by atoms with van der Waals surface area (Å²) in [4.78, 5) is 35.2. The molecule has 0 N–H and O–H groups in total. The highest BCUT2D eigenvalue weighted by Gasteiger charge is 2.32. The average Bonchev–Trinajstić information content (AvgIpc) is 1.54. The minimum atomic E-state index is 0.609. The molecule has 0 saturated carbocycles. The number of benzene rings is 19. The molecule has 10 nitrogen and oxygen atoms in total. The zero-order valence-electron chi connectivity index (χ0n) is 70.3. The second-order valence-corrected chi connectivity index (χ2v) is 37.7. The lowest BCUT2D eigenvalue weighted by molar-refractivity contribution is 0.953. The van der Waals surface area contributed by atoms with E-state index in [4.69, 9.17) is 24.9 Å². The van der Waals surface area contributed by atoms with E-state index in [1.165, 1.54) is 192 Å². The van der Waals surface area contributed by atoms with Gasteiger partial charge < -0.3 is 0 Å². The number of thiophene rings is 3. The summed E-state index contributed by atoms with van der Waals surface area (Å²) < 4.78 is 14.7. The van der Waals surface area contributed by atoms with Crippen LogP contribution in [0.3, 0.4) is 0 Å². The van der Waals surface area contributed by atoms with E-state index in [2.05, 4.69) is 357 Å². The van der Waals surface area contributed by atoms with Crippen molar-refractivity contribution in [1.82, 2.24) is 48.6 Å². The van der Waals surface area contributed by atoms with Crippen molar-refractivity contribution in [3.63, 3.8) is 0 Å². The topological polar surface area (TPSA) is 105 Å². The fraction of sp³-hybridized carbons (Fsp3) is 0. The number of hydrogen-bond acceptors (Lipinski definition) is 10. The fourth-order valence-electron chi connectivity index (χ4n) is 21.8. The van der Waals surface area contributed by atoms with Gasteiger partial charge in [0, 0.05) is 127 Å². The zero-order valence-corrected chi connectivity index (χ0v) is 72.8. The highest BCUT2D eigenvalue weighted by Crippen LogP contribution is 2.57. The number of fused-ring (bicyclic) bond motifs is 18. The fourth-order valence-corrected chi connectivity index (χ4v) is 25.2. The summed E-state index contributed by atoms with van der Waals surface area (Å²) in [7, 11) is 0. The lowest BCUT2D eigenvalue weighted by Crippen LogP contribution is -2.06. The van der Waals surface area contributed by atoms with Crippen LogP contribution >= 0.6 is 34.0 Å². The quantitative estimate of drug-likeness (QED) is 0.156. The standard InChI is InChI=1S/C44H25N3S.C43H24N4S.C32H17N3S/c1-3-11-26(12-4-1)35-25-36(27-13-5-2-6-14-27)46-44(45-35)47-37-19-10-18-31-33-24-40-34(29-16-7-8-20-39(29)48-40)23-32(33)30-17-9-15-28-21-22-38(47)43(41(28)30)42(31)37;1-3-11-26(12-4-1)41-44-42(27-13-5-2-6-14-27)46-43(45-41)47-34-19-10-18-30-32-24-37-33(28-16-7-8-20-36(28)48-37)23-31(32)29-17-9-15-25-21-22-35(47)40(38(25)29)39(30)34;1-2-11-27-19(7-1)24-16-22-20-8-3-6-18-12-13-26-31(29(18)20)30-21(23(22)17-28(24)36-27)9-4-10-25(30)35(26)32-33-14-5-15-34-32/h1-25H;1-24H;1-17H. The number of rotatable bonds is 7. The highest BCUT2D eigenvalue weighted by molar-refractivity contribution is 7.26. The number of nitrogens with zero attached hydrogens (tertiary/aromatic N) is 10. The summed E-state index contributed by atoms with van der Waals surface area (Å²) in [6, 6.07) is 140. The van der Waals surface area contributed by atoms with Gasteiger partial charge in [-0.1, -0.05) is 285 Å². The number of aromatic nitrogens is 10. The third-order valence-corrected chi connectivity index (χ3v) is 30.8. The van der Waals surface area contributed by atoms with Crippen LogP contribution in [0.5, 0.6) is 0 Å². The van der Waals surface area contributed by atoms with Gasteiger partial charge in [-0.05, 0) is 202 Å². The summed E-state index contributed by atoms with van der Waals surface area (Å²) in [6.07, 6.45) is 3.63. The molecule has 0 fully saturated rings. The van der Waals surface area contributed by atoms with Gasteiger partial charge in [0.2, 0.25) is 17.8 Å². The molecule has 0 spiro atoms. The molecule has 610 valence electrons. The van der Waals surface area contributed by atoms with Crippen molar-refractivity contribution >= 4 is 192 Å². The van der Waals surface area contributed by atoms with Crippen molar-refractivity contribution in [3.8, 4) is 130 Å². The van der Waals surface area contributed by atoms with Crippen LogP contribution in [0.15, 0.2) is 401 Å². The molecule has 0 amide bonds. The molecule has 19 aromatic carbocycles. The highest BCUT2D eigenvalue weighted by atomic mass is 32.1.